The maximum absolute atomic E-state index is 10.1. The van der Waals surface area contributed by atoms with Gasteiger partial charge in [0.05, 0.1) is 5.60 Å². The van der Waals surface area contributed by atoms with Crippen molar-refractivity contribution < 1.29 is 15.3 Å². The van der Waals surface area contributed by atoms with Crippen LogP contribution in [0, 0.1) is 0 Å². The van der Waals surface area contributed by atoms with Crippen LogP contribution in [0.2, 0.25) is 0 Å². The molecule has 1 aliphatic carbocycles. The molecule has 0 aromatic heterocycles. The molecule has 1 fully saturated rings. The quantitative estimate of drug-likeness (QED) is 0.685. The average Bonchev–Trinajstić information content (AvgIpc) is 2.96. The van der Waals surface area contributed by atoms with Gasteiger partial charge in [0.1, 0.15) is 11.5 Å². The zero-order valence-electron chi connectivity index (χ0n) is 8.64. The second-order valence-corrected chi connectivity index (χ2v) is 4.40. The summed E-state index contributed by atoms with van der Waals surface area (Å²) in [4.78, 5) is 0. The van der Waals surface area contributed by atoms with E-state index in [9.17, 15) is 15.3 Å². The fourth-order valence-corrected chi connectivity index (χ4v) is 2.15. The number of rotatable bonds is 1. The minimum Gasteiger partial charge on any atom is -0.508 e. The summed E-state index contributed by atoms with van der Waals surface area (Å²) >= 11 is 0. The van der Waals surface area contributed by atoms with Crippen molar-refractivity contribution in [2.24, 2.45) is 0 Å². The first kappa shape index (κ1) is 9.48. The molecule has 1 saturated carbocycles. The Morgan fingerprint density at radius 2 is 1.69 bits per heavy atom. The summed E-state index contributed by atoms with van der Waals surface area (Å²) in [6.07, 6.45) is 1.32. The van der Waals surface area contributed by atoms with E-state index in [4.69, 9.17) is 0 Å². The predicted octanol–water partition coefficient (Wildman–Crippen LogP) is 2.23. The lowest BCUT2D eigenvalue weighted by molar-refractivity contribution is 0.149. The zero-order valence-corrected chi connectivity index (χ0v) is 8.64. The molecular formula is C13H12O3. The molecule has 0 bridgehead atoms. The van der Waals surface area contributed by atoms with Crippen LogP contribution in [0.4, 0.5) is 0 Å². The largest absolute Gasteiger partial charge is 0.508 e. The smallest absolute Gasteiger partial charge is 0.122 e. The first-order valence-electron chi connectivity index (χ1n) is 5.28. The normalized spacial score (nSPS) is 17.6. The van der Waals surface area contributed by atoms with Crippen molar-refractivity contribution in [3.05, 3.63) is 35.9 Å². The van der Waals surface area contributed by atoms with Gasteiger partial charge in [0.15, 0.2) is 0 Å². The SMILES string of the molecule is Oc1ccc2ccc(O)c(C3(O)CC3)c2c1. The van der Waals surface area contributed by atoms with Crippen LogP contribution in [0.1, 0.15) is 18.4 Å². The summed E-state index contributed by atoms with van der Waals surface area (Å²) in [5.74, 6) is 0.238. The molecule has 0 heterocycles. The van der Waals surface area contributed by atoms with Crippen LogP contribution >= 0.6 is 0 Å². The standard InChI is InChI=1S/C13H12O3/c14-9-3-1-8-2-4-11(15)12(10(8)7-9)13(16)5-6-13/h1-4,7,14-16H,5-6H2. The van der Waals surface area contributed by atoms with Gasteiger partial charge in [0.2, 0.25) is 0 Å². The summed E-state index contributed by atoms with van der Waals surface area (Å²) in [7, 11) is 0. The van der Waals surface area contributed by atoms with E-state index in [-0.39, 0.29) is 11.5 Å². The Labute approximate surface area is 92.6 Å². The molecule has 1 aliphatic rings. The van der Waals surface area contributed by atoms with Gasteiger partial charge in [0.25, 0.3) is 0 Å². The van der Waals surface area contributed by atoms with Gasteiger partial charge in [-0.25, -0.2) is 0 Å². The molecule has 0 spiro atoms. The first-order chi connectivity index (χ1) is 7.60. The Hall–Kier alpha value is -1.74. The number of aromatic hydroxyl groups is 2. The summed E-state index contributed by atoms with van der Waals surface area (Å²) < 4.78 is 0. The van der Waals surface area contributed by atoms with Gasteiger partial charge in [-0.3, -0.25) is 0 Å². The molecule has 2 aromatic carbocycles. The van der Waals surface area contributed by atoms with E-state index in [0.29, 0.717) is 18.4 Å². The molecule has 0 aliphatic heterocycles. The molecule has 3 N–H and O–H groups in total. The van der Waals surface area contributed by atoms with E-state index in [2.05, 4.69) is 0 Å². The Morgan fingerprint density at radius 1 is 1.00 bits per heavy atom. The van der Waals surface area contributed by atoms with Gasteiger partial charge < -0.3 is 15.3 Å². The van der Waals surface area contributed by atoms with Crippen LogP contribution in [0.3, 0.4) is 0 Å². The second-order valence-electron chi connectivity index (χ2n) is 4.40. The Bertz CT molecular complexity index is 565. The van der Waals surface area contributed by atoms with Crippen molar-refractivity contribution in [1.82, 2.24) is 0 Å². The van der Waals surface area contributed by atoms with E-state index >= 15 is 0 Å². The third kappa shape index (κ3) is 1.25. The summed E-state index contributed by atoms with van der Waals surface area (Å²) in [5, 5.41) is 31.1. The molecule has 0 radical (unpaired) electrons. The highest BCUT2D eigenvalue weighted by molar-refractivity contribution is 5.90. The number of fused-ring (bicyclic) bond motifs is 1. The monoisotopic (exact) mass is 216 g/mol. The molecule has 0 amide bonds. The third-order valence-electron chi connectivity index (χ3n) is 3.17. The summed E-state index contributed by atoms with van der Waals surface area (Å²) in [6.45, 7) is 0. The van der Waals surface area contributed by atoms with Crippen LogP contribution in [-0.4, -0.2) is 15.3 Å². The van der Waals surface area contributed by atoms with Crippen molar-refractivity contribution in [3.63, 3.8) is 0 Å². The molecule has 3 nitrogen and oxygen atoms in total. The van der Waals surface area contributed by atoms with Gasteiger partial charge in [-0.15, -0.1) is 0 Å². The van der Waals surface area contributed by atoms with Crippen LogP contribution in [0.25, 0.3) is 10.8 Å². The van der Waals surface area contributed by atoms with Crippen molar-refractivity contribution in [2.45, 2.75) is 18.4 Å². The fourth-order valence-electron chi connectivity index (χ4n) is 2.15. The van der Waals surface area contributed by atoms with E-state index in [1.807, 2.05) is 0 Å². The highest BCUT2D eigenvalue weighted by Gasteiger charge is 2.45. The van der Waals surface area contributed by atoms with Gasteiger partial charge in [0, 0.05) is 5.56 Å². The van der Waals surface area contributed by atoms with Crippen molar-refractivity contribution in [3.8, 4) is 11.5 Å². The minimum atomic E-state index is -0.905. The number of phenols is 2. The van der Waals surface area contributed by atoms with Gasteiger partial charge in [-0.05, 0) is 41.8 Å². The molecular weight excluding hydrogens is 204 g/mol. The zero-order chi connectivity index (χ0) is 11.3. The fraction of sp³-hybridized carbons (Fsp3) is 0.231. The summed E-state index contributed by atoms with van der Waals surface area (Å²) in [5.41, 5.74) is -0.363. The molecule has 0 atom stereocenters. The summed E-state index contributed by atoms with van der Waals surface area (Å²) in [6, 6.07) is 8.32. The topological polar surface area (TPSA) is 60.7 Å². The number of hydrogen-bond acceptors (Lipinski definition) is 3. The number of benzene rings is 2. The predicted molar refractivity (Wildman–Crippen MR) is 60.4 cm³/mol. The molecule has 3 rings (SSSR count). The second kappa shape index (κ2) is 2.89. The Balaban J connectivity index is 2.39. The third-order valence-corrected chi connectivity index (χ3v) is 3.17. The van der Waals surface area contributed by atoms with Gasteiger partial charge in [-0.1, -0.05) is 12.1 Å². The molecule has 3 heteroatoms. The molecule has 82 valence electrons. The minimum absolute atomic E-state index is 0.0955. The maximum Gasteiger partial charge on any atom is 0.122 e. The van der Waals surface area contributed by atoms with Crippen LogP contribution < -0.4 is 0 Å². The Morgan fingerprint density at radius 3 is 2.38 bits per heavy atom. The van der Waals surface area contributed by atoms with E-state index in [0.717, 1.165) is 10.8 Å². The van der Waals surface area contributed by atoms with Crippen molar-refractivity contribution >= 4 is 10.8 Å². The van der Waals surface area contributed by atoms with Crippen LogP contribution in [-0.2, 0) is 5.60 Å². The lowest BCUT2D eigenvalue weighted by Gasteiger charge is -2.14. The van der Waals surface area contributed by atoms with E-state index in [1.54, 1.807) is 30.3 Å². The lowest BCUT2D eigenvalue weighted by Crippen LogP contribution is -2.05. The highest BCUT2D eigenvalue weighted by Crippen LogP contribution is 2.51. The molecule has 2 aromatic rings. The Kier molecular flexibility index (Phi) is 1.71. The van der Waals surface area contributed by atoms with Gasteiger partial charge in [-0.2, -0.15) is 0 Å². The molecule has 0 saturated heterocycles. The average molecular weight is 216 g/mol. The first-order valence-corrected chi connectivity index (χ1v) is 5.28. The van der Waals surface area contributed by atoms with E-state index in [1.165, 1.54) is 0 Å². The van der Waals surface area contributed by atoms with Crippen LogP contribution in [0.5, 0.6) is 11.5 Å². The number of hydrogen-bond donors (Lipinski definition) is 3. The van der Waals surface area contributed by atoms with Crippen LogP contribution in [0.15, 0.2) is 30.3 Å². The van der Waals surface area contributed by atoms with Gasteiger partial charge >= 0.3 is 0 Å². The molecule has 16 heavy (non-hydrogen) atoms. The number of aliphatic hydroxyl groups is 1. The highest BCUT2D eigenvalue weighted by atomic mass is 16.3. The van der Waals surface area contributed by atoms with Crippen molar-refractivity contribution in [1.29, 1.82) is 0 Å². The van der Waals surface area contributed by atoms with E-state index < -0.39 is 5.60 Å². The molecule has 0 unspecified atom stereocenters. The maximum atomic E-state index is 10.1. The number of phenolic OH excluding ortho intramolecular Hbond substituents is 2. The lowest BCUT2D eigenvalue weighted by atomic mass is 9.97. The van der Waals surface area contributed by atoms with Crippen molar-refractivity contribution in [2.75, 3.05) is 0 Å².